The van der Waals surface area contributed by atoms with Crippen molar-refractivity contribution in [2.75, 3.05) is 11.9 Å². The molecule has 0 bridgehead atoms. The zero-order valence-electron chi connectivity index (χ0n) is 10.5. The van der Waals surface area contributed by atoms with E-state index in [2.05, 4.69) is 10.6 Å². The van der Waals surface area contributed by atoms with Gasteiger partial charge in [0.25, 0.3) is 0 Å². The molecule has 0 aliphatic rings. The molecule has 1 aromatic carbocycles. The Balaban J connectivity index is 2.73. The molecule has 0 radical (unpaired) electrons. The number of carbonyl (C=O) groups excluding carboxylic acids is 1. The lowest BCUT2D eigenvalue weighted by Crippen LogP contribution is -2.38. The molecular weight excluding hydrogens is 250 g/mol. The maximum absolute atomic E-state index is 11.7. The van der Waals surface area contributed by atoms with Crippen LogP contribution in [0.1, 0.15) is 25.8 Å². The molecule has 1 aromatic rings. The van der Waals surface area contributed by atoms with Gasteiger partial charge in [-0.05, 0) is 31.5 Å². The van der Waals surface area contributed by atoms with Gasteiger partial charge in [-0.1, -0.05) is 18.5 Å². The lowest BCUT2D eigenvalue weighted by atomic mass is 10.1. The Bertz CT molecular complexity index is 468. The molecule has 1 unspecified atom stereocenters. The zero-order chi connectivity index (χ0) is 13.5. The summed E-state index contributed by atoms with van der Waals surface area (Å²) in [5, 5.41) is 15.3. The number of nitrogens with one attached hydrogen (secondary N) is 2. The summed E-state index contributed by atoms with van der Waals surface area (Å²) in [7, 11) is 0. The summed E-state index contributed by atoms with van der Waals surface area (Å²) in [6.07, 6.45) is 0.892. The van der Waals surface area contributed by atoms with E-state index in [4.69, 9.17) is 16.9 Å². The van der Waals surface area contributed by atoms with Crippen LogP contribution in [-0.4, -0.2) is 18.5 Å². The van der Waals surface area contributed by atoms with Crippen molar-refractivity contribution in [1.82, 2.24) is 5.32 Å². The van der Waals surface area contributed by atoms with Crippen molar-refractivity contribution in [2.24, 2.45) is 0 Å². The van der Waals surface area contributed by atoms with Crippen molar-refractivity contribution in [3.8, 4) is 6.07 Å². The van der Waals surface area contributed by atoms with Crippen molar-refractivity contribution in [3.05, 3.63) is 28.8 Å². The first-order valence-corrected chi connectivity index (χ1v) is 6.20. The molecule has 1 amide bonds. The van der Waals surface area contributed by atoms with Gasteiger partial charge in [-0.25, -0.2) is 0 Å². The molecule has 0 spiro atoms. The summed E-state index contributed by atoms with van der Waals surface area (Å²) in [5.74, 6) is -0.0873. The highest BCUT2D eigenvalue weighted by Crippen LogP contribution is 2.20. The fourth-order valence-electron chi connectivity index (χ4n) is 1.43. The molecule has 96 valence electrons. The quantitative estimate of drug-likeness (QED) is 0.860. The second-order valence-corrected chi connectivity index (χ2v) is 4.40. The van der Waals surface area contributed by atoms with Gasteiger partial charge in [0.05, 0.1) is 11.3 Å². The minimum Gasteiger partial charge on any atom is -0.373 e. The molecule has 0 fully saturated rings. The van der Waals surface area contributed by atoms with Crippen LogP contribution in [0.4, 0.5) is 5.69 Å². The highest BCUT2D eigenvalue weighted by Gasteiger charge is 2.13. The van der Waals surface area contributed by atoms with Gasteiger partial charge in [0.15, 0.2) is 0 Å². The van der Waals surface area contributed by atoms with Gasteiger partial charge in [-0.2, -0.15) is 5.26 Å². The second kappa shape index (κ2) is 6.87. The molecule has 4 nitrogen and oxygen atoms in total. The van der Waals surface area contributed by atoms with E-state index in [1.54, 1.807) is 25.1 Å². The second-order valence-electron chi connectivity index (χ2n) is 3.96. The predicted molar refractivity (Wildman–Crippen MR) is 72.6 cm³/mol. The lowest BCUT2D eigenvalue weighted by Gasteiger charge is -2.16. The summed E-state index contributed by atoms with van der Waals surface area (Å²) in [6.45, 7) is 4.39. The number of hydrogen-bond acceptors (Lipinski definition) is 3. The summed E-state index contributed by atoms with van der Waals surface area (Å²) in [4.78, 5) is 11.7. The molecule has 0 aliphatic carbocycles. The van der Waals surface area contributed by atoms with Crippen LogP contribution >= 0.6 is 11.6 Å². The van der Waals surface area contributed by atoms with Crippen LogP contribution in [-0.2, 0) is 4.79 Å². The molecule has 0 saturated carbocycles. The van der Waals surface area contributed by atoms with Gasteiger partial charge in [0, 0.05) is 11.6 Å². The summed E-state index contributed by atoms with van der Waals surface area (Å²) in [5.41, 5.74) is 1.04. The minimum atomic E-state index is -0.398. The molecular formula is C13H16ClN3O. The van der Waals surface area contributed by atoms with E-state index in [0.717, 1.165) is 6.42 Å². The van der Waals surface area contributed by atoms with Gasteiger partial charge in [-0.3, -0.25) is 4.79 Å². The van der Waals surface area contributed by atoms with Crippen LogP contribution in [0.25, 0.3) is 0 Å². The van der Waals surface area contributed by atoms with Crippen LogP contribution < -0.4 is 10.6 Å². The number of nitriles is 1. The first-order chi connectivity index (χ1) is 8.58. The Morgan fingerprint density at radius 1 is 1.56 bits per heavy atom. The summed E-state index contributed by atoms with van der Waals surface area (Å²) >= 11 is 5.81. The van der Waals surface area contributed by atoms with Crippen molar-refractivity contribution >= 4 is 23.2 Å². The standard InChI is InChI=1S/C13H16ClN3O/c1-3-6-16-13(18)9(2)17-12-5-4-11(14)7-10(12)8-15/h4-5,7,9,17H,3,6H2,1-2H3,(H,16,18). The van der Waals surface area contributed by atoms with Crippen LogP contribution in [0, 0.1) is 11.3 Å². The Hall–Kier alpha value is -1.73. The number of anilines is 1. The average molecular weight is 266 g/mol. The van der Waals surface area contributed by atoms with Crippen LogP contribution in [0.3, 0.4) is 0 Å². The topological polar surface area (TPSA) is 64.9 Å². The van der Waals surface area contributed by atoms with E-state index < -0.39 is 6.04 Å². The van der Waals surface area contributed by atoms with Crippen molar-refractivity contribution in [3.63, 3.8) is 0 Å². The smallest absolute Gasteiger partial charge is 0.242 e. The number of amides is 1. The fraction of sp³-hybridized carbons (Fsp3) is 0.385. The van der Waals surface area contributed by atoms with E-state index in [0.29, 0.717) is 22.8 Å². The van der Waals surface area contributed by atoms with Crippen molar-refractivity contribution in [2.45, 2.75) is 26.3 Å². The molecule has 0 aliphatic heterocycles. The number of rotatable bonds is 5. The normalized spacial score (nSPS) is 11.4. The maximum atomic E-state index is 11.7. The van der Waals surface area contributed by atoms with Gasteiger partial charge >= 0.3 is 0 Å². The summed E-state index contributed by atoms with van der Waals surface area (Å²) in [6, 6.07) is 6.60. The van der Waals surface area contributed by atoms with Crippen LogP contribution in [0.5, 0.6) is 0 Å². The summed E-state index contributed by atoms with van der Waals surface area (Å²) < 4.78 is 0. The molecule has 18 heavy (non-hydrogen) atoms. The number of nitrogens with zero attached hydrogens (tertiary/aromatic N) is 1. The monoisotopic (exact) mass is 265 g/mol. The minimum absolute atomic E-state index is 0.0873. The lowest BCUT2D eigenvalue weighted by molar-refractivity contribution is -0.121. The predicted octanol–water partition coefficient (Wildman–Crippen LogP) is 2.54. The number of benzene rings is 1. The van der Waals surface area contributed by atoms with E-state index >= 15 is 0 Å². The van der Waals surface area contributed by atoms with Crippen LogP contribution in [0.2, 0.25) is 5.02 Å². The fourth-order valence-corrected chi connectivity index (χ4v) is 1.61. The average Bonchev–Trinajstić information content (AvgIpc) is 2.37. The molecule has 0 saturated heterocycles. The Morgan fingerprint density at radius 3 is 2.89 bits per heavy atom. The van der Waals surface area contributed by atoms with Gasteiger partial charge in [0.1, 0.15) is 12.1 Å². The molecule has 1 atom stereocenters. The number of carbonyl (C=O) groups is 1. The van der Waals surface area contributed by atoms with E-state index in [9.17, 15) is 4.79 Å². The van der Waals surface area contributed by atoms with Gasteiger partial charge in [0.2, 0.25) is 5.91 Å². The van der Waals surface area contributed by atoms with Gasteiger partial charge < -0.3 is 10.6 Å². The van der Waals surface area contributed by atoms with Gasteiger partial charge in [-0.15, -0.1) is 0 Å². The van der Waals surface area contributed by atoms with E-state index in [1.165, 1.54) is 0 Å². The third-order valence-electron chi connectivity index (χ3n) is 2.42. The number of halogens is 1. The molecule has 0 aromatic heterocycles. The third kappa shape index (κ3) is 3.94. The Kier molecular flexibility index (Phi) is 5.47. The highest BCUT2D eigenvalue weighted by molar-refractivity contribution is 6.30. The first kappa shape index (κ1) is 14.3. The molecule has 0 heterocycles. The van der Waals surface area contributed by atoms with Crippen molar-refractivity contribution < 1.29 is 4.79 Å². The van der Waals surface area contributed by atoms with E-state index in [1.807, 2.05) is 13.0 Å². The molecule has 1 rings (SSSR count). The molecule has 5 heteroatoms. The Labute approximate surface area is 112 Å². The molecule has 2 N–H and O–H groups in total. The SMILES string of the molecule is CCCNC(=O)C(C)Nc1ccc(Cl)cc1C#N. The number of hydrogen-bond donors (Lipinski definition) is 2. The highest BCUT2D eigenvalue weighted by atomic mass is 35.5. The maximum Gasteiger partial charge on any atom is 0.242 e. The largest absolute Gasteiger partial charge is 0.373 e. The van der Waals surface area contributed by atoms with E-state index in [-0.39, 0.29) is 5.91 Å². The van der Waals surface area contributed by atoms with Crippen molar-refractivity contribution in [1.29, 1.82) is 5.26 Å². The first-order valence-electron chi connectivity index (χ1n) is 5.82. The van der Waals surface area contributed by atoms with Crippen LogP contribution in [0.15, 0.2) is 18.2 Å². The Morgan fingerprint density at radius 2 is 2.28 bits per heavy atom. The zero-order valence-corrected chi connectivity index (χ0v) is 11.2. The third-order valence-corrected chi connectivity index (χ3v) is 2.65.